The highest BCUT2D eigenvalue weighted by molar-refractivity contribution is 5.80. The van der Waals surface area contributed by atoms with Crippen LogP contribution >= 0.6 is 0 Å². The van der Waals surface area contributed by atoms with E-state index >= 15 is 0 Å². The van der Waals surface area contributed by atoms with Crippen LogP contribution in [0.1, 0.15) is 18.5 Å². The number of carboxylic acid groups (broad SMARTS) is 1. The highest BCUT2D eigenvalue weighted by Gasteiger charge is 2.47. The fourth-order valence-corrected chi connectivity index (χ4v) is 4.13. The van der Waals surface area contributed by atoms with E-state index in [0.717, 1.165) is 18.5 Å². The van der Waals surface area contributed by atoms with Crippen molar-refractivity contribution in [1.29, 1.82) is 0 Å². The lowest BCUT2D eigenvalue weighted by Crippen LogP contribution is -2.52. The molecule has 1 aromatic rings. The first-order valence-electron chi connectivity index (χ1n) is 9.83. The van der Waals surface area contributed by atoms with Gasteiger partial charge in [0.2, 0.25) is 5.91 Å². The number of aromatic nitrogens is 1. The van der Waals surface area contributed by atoms with Crippen LogP contribution in [0.25, 0.3) is 0 Å². The lowest BCUT2D eigenvalue weighted by Gasteiger charge is -2.39. The molecule has 172 valence electrons. The van der Waals surface area contributed by atoms with Crippen LogP contribution in [0.2, 0.25) is 0 Å². The molecule has 2 unspecified atom stereocenters. The van der Waals surface area contributed by atoms with E-state index in [-0.39, 0.29) is 29.7 Å². The predicted molar refractivity (Wildman–Crippen MR) is 105 cm³/mol. The highest BCUT2D eigenvalue weighted by atomic mass is 19.4. The number of nitrogens with zero attached hydrogens (tertiary/aromatic N) is 4. The van der Waals surface area contributed by atoms with E-state index in [1.165, 1.54) is 0 Å². The van der Waals surface area contributed by atoms with Crippen molar-refractivity contribution < 1.29 is 32.7 Å². The van der Waals surface area contributed by atoms with Gasteiger partial charge in [0, 0.05) is 46.3 Å². The number of aliphatic carboxylic acids is 1. The van der Waals surface area contributed by atoms with Crippen LogP contribution in [0.5, 0.6) is 0 Å². The number of piperidine rings is 1. The minimum absolute atomic E-state index is 0.0462. The largest absolute Gasteiger partial charge is 0.490 e. The summed E-state index contributed by atoms with van der Waals surface area (Å²) in [6.45, 7) is 1.93. The zero-order valence-electron chi connectivity index (χ0n) is 17.7. The predicted octanol–water partition coefficient (Wildman–Crippen LogP) is 2.31. The van der Waals surface area contributed by atoms with E-state index in [0.29, 0.717) is 19.6 Å². The minimum atomic E-state index is -5.08. The van der Waals surface area contributed by atoms with E-state index < -0.39 is 12.1 Å². The second-order valence-electron chi connectivity index (χ2n) is 8.02. The number of carboxylic acids is 1. The molecular formula is C20H27F3N4O4. The molecule has 2 atom stereocenters. The summed E-state index contributed by atoms with van der Waals surface area (Å²) in [7, 11) is 5.41. The van der Waals surface area contributed by atoms with Gasteiger partial charge in [0.25, 0.3) is 0 Å². The molecule has 1 N–H and O–H groups in total. The van der Waals surface area contributed by atoms with Crippen molar-refractivity contribution in [2.24, 2.45) is 17.8 Å². The Labute approximate surface area is 178 Å². The van der Waals surface area contributed by atoms with Gasteiger partial charge >= 0.3 is 18.2 Å². The molecule has 1 aliphatic heterocycles. The minimum Gasteiger partial charge on any atom is -0.475 e. The lowest BCUT2D eigenvalue weighted by molar-refractivity contribution is -0.192. The molecule has 2 bridgehead atoms. The summed E-state index contributed by atoms with van der Waals surface area (Å²) in [5.74, 6) is -1.94. The number of carbonyl (C=O) groups is 3. The fourth-order valence-electron chi connectivity index (χ4n) is 4.13. The molecule has 11 heteroatoms. The number of fused-ring (bicyclic) bond motifs is 2. The van der Waals surface area contributed by atoms with Crippen molar-refractivity contribution in [1.82, 2.24) is 19.7 Å². The molecule has 3 amide bonds. The number of amides is 3. The van der Waals surface area contributed by atoms with Crippen LogP contribution in [0.4, 0.5) is 18.0 Å². The molecule has 2 fully saturated rings. The quantitative estimate of drug-likeness (QED) is 0.772. The number of halogens is 3. The molecule has 0 aromatic carbocycles. The van der Waals surface area contributed by atoms with Crippen molar-refractivity contribution in [2.45, 2.75) is 25.6 Å². The van der Waals surface area contributed by atoms with Gasteiger partial charge in [0.05, 0.1) is 12.2 Å². The van der Waals surface area contributed by atoms with Gasteiger partial charge < -0.3 is 19.8 Å². The van der Waals surface area contributed by atoms with Gasteiger partial charge in [-0.2, -0.15) is 13.2 Å². The van der Waals surface area contributed by atoms with Gasteiger partial charge in [-0.15, -0.1) is 0 Å². The summed E-state index contributed by atoms with van der Waals surface area (Å²) in [5, 5.41) is 7.12. The molecule has 3 rings (SSSR count). The molecule has 0 radical (unpaired) electrons. The maximum Gasteiger partial charge on any atom is 0.490 e. The van der Waals surface area contributed by atoms with Crippen molar-refractivity contribution in [3.05, 3.63) is 30.1 Å². The van der Waals surface area contributed by atoms with Gasteiger partial charge in [-0.3, -0.25) is 9.78 Å². The summed E-state index contributed by atoms with van der Waals surface area (Å²) in [4.78, 5) is 43.7. The summed E-state index contributed by atoms with van der Waals surface area (Å²) >= 11 is 0. The molecule has 8 nitrogen and oxygen atoms in total. The van der Waals surface area contributed by atoms with Crippen LogP contribution in [0.3, 0.4) is 0 Å². The van der Waals surface area contributed by atoms with Gasteiger partial charge in [0.1, 0.15) is 0 Å². The first-order valence-corrected chi connectivity index (χ1v) is 9.83. The Morgan fingerprint density at radius 2 is 1.68 bits per heavy atom. The number of carbonyl (C=O) groups excluding carboxylic acids is 2. The number of urea groups is 1. The number of hydrogen-bond acceptors (Lipinski definition) is 4. The maximum absolute atomic E-state index is 13.0. The van der Waals surface area contributed by atoms with E-state index in [9.17, 15) is 22.8 Å². The molecule has 1 saturated heterocycles. The number of hydrogen-bond donors (Lipinski definition) is 1. The molecule has 31 heavy (non-hydrogen) atoms. The molecular weight excluding hydrogens is 417 g/mol. The van der Waals surface area contributed by atoms with E-state index in [4.69, 9.17) is 9.90 Å². The van der Waals surface area contributed by atoms with Crippen LogP contribution in [-0.4, -0.2) is 83.1 Å². The molecule has 0 spiro atoms. The van der Waals surface area contributed by atoms with Gasteiger partial charge in [-0.1, -0.05) is 6.07 Å². The van der Waals surface area contributed by atoms with Crippen molar-refractivity contribution >= 4 is 17.9 Å². The Morgan fingerprint density at radius 1 is 1.13 bits per heavy atom. The zero-order valence-corrected chi connectivity index (χ0v) is 17.7. The van der Waals surface area contributed by atoms with Crippen LogP contribution < -0.4 is 0 Å². The van der Waals surface area contributed by atoms with Crippen LogP contribution in [0, 0.1) is 17.8 Å². The summed E-state index contributed by atoms with van der Waals surface area (Å²) in [6, 6.07) is 5.81. The average Bonchev–Trinajstić information content (AvgIpc) is 2.96. The van der Waals surface area contributed by atoms with Gasteiger partial charge in [0.15, 0.2) is 0 Å². The lowest BCUT2D eigenvalue weighted by atomic mass is 9.84. The Kier molecular flexibility index (Phi) is 7.85. The molecule has 2 heterocycles. The Balaban J connectivity index is 0.000000423. The number of rotatable bonds is 3. The third-order valence-corrected chi connectivity index (χ3v) is 5.52. The summed E-state index contributed by atoms with van der Waals surface area (Å²) in [5.41, 5.74) is 0.904. The van der Waals surface area contributed by atoms with Crippen LogP contribution in [-0.2, 0) is 16.1 Å². The van der Waals surface area contributed by atoms with Crippen LogP contribution in [0.15, 0.2) is 24.4 Å². The average molecular weight is 444 g/mol. The van der Waals surface area contributed by atoms with Crippen molar-refractivity contribution in [2.75, 3.05) is 34.2 Å². The second kappa shape index (κ2) is 9.97. The Bertz CT molecular complexity index is 774. The zero-order chi connectivity index (χ0) is 23.3. The van der Waals surface area contributed by atoms with Crippen molar-refractivity contribution in [3.63, 3.8) is 0 Å². The number of alkyl halides is 3. The topological polar surface area (TPSA) is 94.1 Å². The van der Waals surface area contributed by atoms with E-state index in [1.54, 1.807) is 30.1 Å². The Hall–Kier alpha value is -2.85. The highest BCUT2D eigenvalue weighted by Crippen LogP contribution is 2.43. The fraction of sp³-hybridized carbons (Fsp3) is 0.600. The van der Waals surface area contributed by atoms with E-state index in [1.807, 2.05) is 30.1 Å². The summed E-state index contributed by atoms with van der Waals surface area (Å²) < 4.78 is 31.7. The standard InChI is InChI=1S/C18H26N4O2.C2HF3O2/c1-20(2)18(24)22-10-13-7-8-14(11-22)16(13)17(23)21(3)12-15-6-4-5-9-19-15;3-2(4,5)1(6)7/h4-6,9,13-14,16H,7-8,10-12H2,1-3H3;(H,6,7). The Morgan fingerprint density at radius 3 is 2.10 bits per heavy atom. The third kappa shape index (κ3) is 6.31. The maximum atomic E-state index is 13.0. The van der Waals surface area contributed by atoms with Gasteiger partial charge in [-0.25, -0.2) is 9.59 Å². The summed E-state index contributed by atoms with van der Waals surface area (Å²) in [6.07, 6.45) is -1.26. The molecule has 1 saturated carbocycles. The number of likely N-dealkylation sites (tertiary alicyclic amines) is 1. The molecule has 2 aliphatic rings. The SMILES string of the molecule is CN(C)C(=O)N1CC2CCC(C1)C2C(=O)N(C)Cc1ccccn1.O=C(O)C(F)(F)F. The monoisotopic (exact) mass is 444 g/mol. The number of pyridine rings is 1. The van der Waals surface area contributed by atoms with E-state index in [2.05, 4.69) is 4.98 Å². The third-order valence-electron chi connectivity index (χ3n) is 5.52. The van der Waals surface area contributed by atoms with Crippen molar-refractivity contribution in [3.8, 4) is 0 Å². The molecule has 1 aromatic heterocycles. The first kappa shape index (κ1) is 24.4. The second-order valence-corrected chi connectivity index (χ2v) is 8.02. The smallest absolute Gasteiger partial charge is 0.475 e. The first-order chi connectivity index (χ1) is 14.4. The normalized spacial score (nSPS) is 22.3. The van der Waals surface area contributed by atoms with Gasteiger partial charge in [-0.05, 0) is 36.8 Å². The molecule has 1 aliphatic carbocycles.